The highest BCUT2D eigenvalue weighted by Gasteiger charge is 2.38. The molecule has 3 rings (SSSR count). The third kappa shape index (κ3) is 2.55. The average molecular weight is 338 g/mol. The van der Waals surface area contributed by atoms with Crippen LogP contribution >= 0.6 is 15.9 Å². The standard InChI is InChI=1S/C15H20BrN3O/c1-2-17-14-13(6-12(16)7-18-14)15(20)19-8-10-4-3-5-11(10)9-19/h6-7,10-11H,2-5,8-9H2,1H3,(H,17,18). The molecule has 5 heteroatoms. The maximum absolute atomic E-state index is 12.8. The number of halogens is 1. The van der Waals surface area contributed by atoms with Crippen molar-refractivity contribution < 1.29 is 4.79 Å². The van der Waals surface area contributed by atoms with E-state index in [-0.39, 0.29) is 5.91 Å². The van der Waals surface area contributed by atoms with Crippen molar-refractivity contribution in [3.63, 3.8) is 0 Å². The molecule has 20 heavy (non-hydrogen) atoms. The molecule has 0 aromatic carbocycles. The van der Waals surface area contributed by atoms with Crippen molar-refractivity contribution in [2.24, 2.45) is 11.8 Å². The highest BCUT2D eigenvalue weighted by molar-refractivity contribution is 9.10. The van der Waals surface area contributed by atoms with Gasteiger partial charge in [0.05, 0.1) is 5.56 Å². The number of aromatic nitrogens is 1. The number of rotatable bonds is 3. The van der Waals surface area contributed by atoms with E-state index in [0.717, 1.165) is 35.9 Å². The Kier molecular flexibility index (Phi) is 3.96. The van der Waals surface area contributed by atoms with E-state index >= 15 is 0 Å². The van der Waals surface area contributed by atoms with Crippen molar-refractivity contribution in [1.29, 1.82) is 0 Å². The molecule has 0 radical (unpaired) electrons. The van der Waals surface area contributed by atoms with Crippen molar-refractivity contribution in [3.05, 3.63) is 22.3 Å². The van der Waals surface area contributed by atoms with Crippen molar-refractivity contribution >= 4 is 27.7 Å². The zero-order chi connectivity index (χ0) is 14.1. The lowest BCUT2D eigenvalue weighted by atomic mass is 10.0. The number of hydrogen-bond acceptors (Lipinski definition) is 3. The molecule has 1 saturated heterocycles. The molecule has 1 amide bonds. The largest absolute Gasteiger partial charge is 0.370 e. The first kappa shape index (κ1) is 13.9. The Balaban J connectivity index is 1.81. The number of fused-ring (bicyclic) bond motifs is 1. The van der Waals surface area contributed by atoms with Crippen LogP contribution in [-0.2, 0) is 0 Å². The summed E-state index contributed by atoms with van der Waals surface area (Å²) >= 11 is 3.41. The molecule has 1 N–H and O–H groups in total. The van der Waals surface area contributed by atoms with Gasteiger partial charge in [-0.1, -0.05) is 6.42 Å². The summed E-state index contributed by atoms with van der Waals surface area (Å²) < 4.78 is 0.849. The lowest BCUT2D eigenvalue weighted by molar-refractivity contribution is 0.0781. The van der Waals surface area contributed by atoms with Gasteiger partial charge in [-0.2, -0.15) is 0 Å². The predicted molar refractivity (Wildman–Crippen MR) is 82.8 cm³/mol. The molecule has 2 aliphatic rings. The SMILES string of the molecule is CCNc1ncc(Br)cc1C(=O)N1CC2CCCC2C1. The topological polar surface area (TPSA) is 45.2 Å². The second kappa shape index (κ2) is 5.72. The molecule has 4 nitrogen and oxygen atoms in total. The molecule has 0 bridgehead atoms. The van der Waals surface area contributed by atoms with E-state index in [1.165, 1.54) is 19.3 Å². The summed E-state index contributed by atoms with van der Waals surface area (Å²) in [7, 11) is 0. The summed E-state index contributed by atoms with van der Waals surface area (Å²) in [5.74, 6) is 2.25. The van der Waals surface area contributed by atoms with Gasteiger partial charge >= 0.3 is 0 Å². The summed E-state index contributed by atoms with van der Waals surface area (Å²) in [5, 5.41) is 3.18. The van der Waals surface area contributed by atoms with Crippen LogP contribution in [-0.4, -0.2) is 35.4 Å². The zero-order valence-electron chi connectivity index (χ0n) is 11.7. The normalized spacial score (nSPS) is 24.8. The van der Waals surface area contributed by atoms with Gasteiger partial charge in [-0.05, 0) is 53.6 Å². The Morgan fingerprint density at radius 2 is 2.15 bits per heavy atom. The second-order valence-corrected chi connectivity index (χ2v) is 6.66. The van der Waals surface area contributed by atoms with E-state index in [1.54, 1.807) is 6.20 Å². The van der Waals surface area contributed by atoms with Crippen molar-refractivity contribution in [1.82, 2.24) is 9.88 Å². The summed E-state index contributed by atoms with van der Waals surface area (Å²) in [6, 6.07) is 1.88. The van der Waals surface area contributed by atoms with E-state index in [2.05, 4.69) is 26.2 Å². The van der Waals surface area contributed by atoms with Crippen molar-refractivity contribution in [2.75, 3.05) is 25.0 Å². The maximum atomic E-state index is 12.8. The Morgan fingerprint density at radius 1 is 1.45 bits per heavy atom. The van der Waals surface area contributed by atoms with Crippen LogP contribution in [0.15, 0.2) is 16.7 Å². The van der Waals surface area contributed by atoms with Gasteiger partial charge in [0, 0.05) is 30.3 Å². The van der Waals surface area contributed by atoms with Gasteiger partial charge in [0.25, 0.3) is 5.91 Å². The minimum atomic E-state index is 0.115. The molecule has 1 saturated carbocycles. The summed E-state index contributed by atoms with van der Waals surface area (Å²) in [6.07, 6.45) is 5.63. The van der Waals surface area contributed by atoms with Crippen LogP contribution in [0.1, 0.15) is 36.5 Å². The minimum Gasteiger partial charge on any atom is -0.370 e. The molecule has 2 unspecified atom stereocenters. The van der Waals surface area contributed by atoms with Crippen LogP contribution in [0.25, 0.3) is 0 Å². The quantitative estimate of drug-likeness (QED) is 0.921. The van der Waals surface area contributed by atoms with Crippen LogP contribution in [0.5, 0.6) is 0 Å². The van der Waals surface area contributed by atoms with Gasteiger partial charge < -0.3 is 10.2 Å². The number of nitrogens with zero attached hydrogens (tertiary/aromatic N) is 2. The van der Waals surface area contributed by atoms with Gasteiger partial charge in [0.1, 0.15) is 5.82 Å². The smallest absolute Gasteiger partial charge is 0.257 e. The number of carbonyl (C=O) groups excluding carboxylic acids is 1. The predicted octanol–water partition coefficient (Wildman–Crippen LogP) is 3.15. The van der Waals surface area contributed by atoms with Gasteiger partial charge in [0.15, 0.2) is 0 Å². The van der Waals surface area contributed by atoms with Gasteiger partial charge in [0.2, 0.25) is 0 Å². The summed E-state index contributed by atoms with van der Waals surface area (Å²) in [6.45, 7) is 4.61. The number of hydrogen-bond donors (Lipinski definition) is 1. The third-order valence-electron chi connectivity index (χ3n) is 4.44. The molecule has 1 aliphatic heterocycles. The lowest BCUT2D eigenvalue weighted by Gasteiger charge is -2.19. The van der Waals surface area contributed by atoms with E-state index in [4.69, 9.17) is 0 Å². The number of nitrogens with one attached hydrogen (secondary N) is 1. The molecule has 2 atom stereocenters. The molecule has 0 spiro atoms. The first-order valence-electron chi connectivity index (χ1n) is 7.37. The van der Waals surface area contributed by atoms with Crippen molar-refractivity contribution in [3.8, 4) is 0 Å². The molecule has 1 aliphatic carbocycles. The van der Waals surface area contributed by atoms with Crippen LogP contribution in [0, 0.1) is 11.8 Å². The first-order chi connectivity index (χ1) is 9.69. The van der Waals surface area contributed by atoms with E-state index in [0.29, 0.717) is 11.4 Å². The molecule has 1 aromatic heterocycles. The number of amides is 1. The van der Waals surface area contributed by atoms with E-state index < -0.39 is 0 Å². The van der Waals surface area contributed by atoms with Crippen LogP contribution < -0.4 is 5.32 Å². The first-order valence-corrected chi connectivity index (χ1v) is 8.17. The van der Waals surface area contributed by atoms with E-state index in [1.807, 2.05) is 17.9 Å². The number of pyridine rings is 1. The Labute approximate surface area is 128 Å². The highest BCUT2D eigenvalue weighted by Crippen LogP contribution is 2.38. The molecular formula is C15H20BrN3O. The molecule has 2 fully saturated rings. The summed E-state index contributed by atoms with van der Waals surface area (Å²) in [4.78, 5) is 19.1. The van der Waals surface area contributed by atoms with Gasteiger partial charge in [-0.25, -0.2) is 4.98 Å². The van der Waals surface area contributed by atoms with E-state index in [9.17, 15) is 4.79 Å². The molecule has 108 valence electrons. The zero-order valence-corrected chi connectivity index (χ0v) is 13.3. The number of carbonyl (C=O) groups is 1. The fraction of sp³-hybridized carbons (Fsp3) is 0.600. The lowest BCUT2D eigenvalue weighted by Crippen LogP contribution is -2.30. The molecule has 2 heterocycles. The van der Waals surface area contributed by atoms with Crippen LogP contribution in [0.2, 0.25) is 0 Å². The fourth-order valence-electron chi connectivity index (χ4n) is 3.48. The van der Waals surface area contributed by atoms with Crippen LogP contribution in [0.3, 0.4) is 0 Å². The fourth-order valence-corrected chi connectivity index (χ4v) is 3.81. The monoisotopic (exact) mass is 337 g/mol. The highest BCUT2D eigenvalue weighted by atomic mass is 79.9. The third-order valence-corrected chi connectivity index (χ3v) is 4.88. The summed E-state index contributed by atoms with van der Waals surface area (Å²) in [5.41, 5.74) is 0.682. The van der Waals surface area contributed by atoms with Gasteiger partial charge in [-0.3, -0.25) is 4.79 Å². The molecule has 1 aromatic rings. The average Bonchev–Trinajstić information content (AvgIpc) is 3.01. The Morgan fingerprint density at radius 3 is 2.80 bits per heavy atom. The minimum absolute atomic E-state index is 0.115. The van der Waals surface area contributed by atoms with Crippen molar-refractivity contribution in [2.45, 2.75) is 26.2 Å². The number of anilines is 1. The maximum Gasteiger partial charge on any atom is 0.257 e. The Bertz CT molecular complexity index is 508. The second-order valence-electron chi connectivity index (χ2n) is 5.74. The van der Waals surface area contributed by atoms with Gasteiger partial charge in [-0.15, -0.1) is 0 Å². The van der Waals surface area contributed by atoms with Crippen LogP contribution in [0.4, 0.5) is 5.82 Å². The molecular weight excluding hydrogens is 318 g/mol. The number of likely N-dealkylation sites (tertiary alicyclic amines) is 1. The Hall–Kier alpha value is -1.10.